The van der Waals surface area contributed by atoms with Crippen molar-refractivity contribution in [2.75, 3.05) is 38.7 Å². The van der Waals surface area contributed by atoms with Crippen molar-refractivity contribution in [3.63, 3.8) is 0 Å². The van der Waals surface area contributed by atoms with E-state index in [1.165, 1.54) is 5.56 Å². The number of pyridine rings is 1. The van der Waals surface area contributed by atoms with Gasteiger partial charge in [-0.3, -0.25) is 14.9 Å². The van der Waals surface area contributed by atoms with Crippen LogP contribution in [0.3, 0.4) is 0 Å². The van der Waals surface area contributed by atoms with Crippen molar-refractivity contribution in [3.8, 4) is 0 Å². The van der Waals surface area contributed by atoms with Crippen LogP contribution in [0.4, 0.5) is 5.82 Å². The molecular formula is C18H25N5O. The van der Waals surface area contributed by atoms with Crippen molar-refractivity contribution in [1.82, 2.24) is 19.9 Å². The predicted molar refractivity (Wildman–Crippen MR) is 93.9 cm³/mol. The molecule has 6 heteroatoms. The number of anilines is 1. The summed E-state index contributed by atoms with van der Waals surface area (Å²) in [6.07, 6.45) is 9.48. The summed E-state index contributed by atoms with van der Waals surface area (Å²) < 4.78 is 5.94. The fourth-order valence-electron chi connectivity index (χ4n) is 2.93. The number of rotatable bonds is 6. The lowest BCUT2D eigenvalue weighted by atomic mass is 10.1. The van der Waals surface area contributed by atoms with Crippen LogP contribution in [-0.4, -0.2) is 59.7 Å². The van der Waals surface area contributed by atoms with Gasteiger partial charge in [-0.2, -0.15) is 0 Å². The summed E-state index contributed by atoms with van der Waals surface area (Å²) in [4.78, 5) is 17.3. The van der Waals surface area contributed by atoms with Crippen molar-refractivity contribution < 1.29 is 4.74 Å². The highest BCUT2D eigenvalue weighted by molar-refractivity contribution is 5.39. The molecule has 0 aromatic carbocycles. The van der Waals surface area contributed by atoms with E-state index >= 15 is 0 Å². The topological polar surface area (TPSA) is 54.4 Å². The summed E-state index contributed by atoms with van der Waals surface area (Å²) in [7, 11) is 4.03. The summed E-state index contributed by atoms with van der Waals surface area (Å²) in [5, 5.41) is 0. The second kappa shape index (κ2) is 8.17. The van der Waals surface area contributed by atoms with Gasteiger partial charge in [0.05, 0.1) is 18.4 Å². The Bertz CT molecular complexity index is 634. The average molecular weight is 327 g/mol. The maximum absolute atomic E-state index is 5.94. The monoisotopic (exact) mass is 327 g/mol. The third kappa shape index (κ3) is 4.72. The van der Waals surface area contributed by atoms with Gasteiger partial charge in [0.25, 0.3) is 0 Å². The molecule has 6 nitrogen and oxygen atoms in total. The lowest BCUT2D eigenvalue weighted by Crippen LogP contribution is -2.42. The number of ether oxygens (including phenoxy) is 1. The van der Waals surface area contributed by atoms with E-state index in [2.05, 4.69) is 32.0 Å². The first-order chi connectivity index (χ1) is 11.7. The Morgan fingerprint density at radius 1 is 1.25 bits per heavy atom. The molecular weight excluding hydrogens is 302 g/mol. The smallest absolute Gasteiger partial charge is 0.128 e. The van der Waals surface area contributed by atoms with Gasteiger partial charge in [0.15, 0.2) is 0 Å². The van der Waals surface area contributed by atoms with Crippen LogP contribution in [0.2, 0.25) is 0 Å². The third-order valence-electron chi connectivity index (χ3n) is 4.25. The van der Waals surface area contributed by atoms with E-state index in [4.69, 9.17) is 4.74 Å². The maximum Gasteiger partial charge on any atom is 0.128 e. The van der Waals surface area contributed by atoms with Gasteiger partial charge in [0.1, 0.15) is 5.82 Å². The third-order valence-corrected chi connectivity index (χ3v) is 4.25. The SMILES string of the molecule is CN(C)c1cc(CC[C@@H]2CN(Cc3cnccn3)CCO2)ccn1. The minimum Gasteiger partial charge on any atom is -0.376 e. The molecule has 0 bridgehead atoms. The van der Waals surface area contributed by atoms with Crippen molar-refractivity contribution in [2.45, 2.75) is 25.5 Å². The van der Waals surface area contributed by atoms with E-state index in [1.54, 1.807) is 12.4 Å². The zero-order valence-corrected chi connectivity index (χ0v) is 14.4. The largest absolute Gasteiger partial charge is 0.376 e. The second-order valence-corrected chi connectivity index (χ2v) is 6.38. The first-order valence-corrected chi connectivity index (χ1v) is 8.42. The van der Waals surface area contributed by atoms with Gasteiger partial charge in [-0.1, -0.05) is 0 Å². The van der Waals surface area contributed by atoms with Crippen molar-refractivity contribution in [1.29, 1.82) is 0 Å². The van der Waals surface area contributed by atoms with E-state index in [-0.39, 0.29) is 6.10 Å². The molecule has 0 unspecified atom stereocenters. The van der Waals surface area contributed by atoms with Gasteiger partial charge >= 0.3 is 0 Å². The summed E-state index contributed by atoms with van der Waals surface area (Å²) in [5.41, 5.74) is 2.33. The number of aryl methyl sites for hydroxylation is 1. The highest BCUT2D eigenvalue weighted by Gasteiger charge is 2.20. The molecule has 0 N–H and O–H groups in total. The van der Waals surface area contributed by atoms with E-state index in [0.717, 1.165) is 50.6 Å². The molecule has 1 fully saturated rings. The molecule has 1 aliphatic heterocycles. The van der Waals surface area contributed by atoms with Crippen LogP contribution < -0.4 is 4.90 Å². The number of aromatic nitrogens is 3. The predicted octanol–water partition coefficient (Wildman–Crippen LogP) is 1.77. The Labute approximate surface area is 143 Å². The van der Waals surface area contributed by atoms with E-state index in [0.29, 0.717) is 0 Å². The van der Waals surface area contributed by atoms with Gasteiger partial charge in [0.2, 0.25) is 0 Å². The van der Waals surface area contributed by atoms with Crippen LogP contribution in [0, 0.1) is 0 Å². The minimum atomic E-state index is 0.270. The number of hydrogen-bond acceptors (Lipinski definition) is 6. The fourth-order valence-corrected chi connectivity index (χ4v) is 2.93. The standard InChI is InChI=1S/C18H25N5O/c1-22(2)18-11-15(5-6-21-18)3-4-17-14-23(9-10-24-17)13-16-12-19-7-8-20-16/h5-8,11-12,17H,3-4,9-10,13-14H2,1-2H3/t17-/m1/s1. The Morgan fingerprint density at radius 2 is 2.17 bits per heavy atom. The zero-order valence-electron chi connectivity index (χ0n) is 14.4. The molecule has 24 heavy (non-hydrogen) atoms. The van der Waals surface area contributed by atoms with Crippen LogP contribution in [0.1, 0.15) is 17.7 Å². The molecule has 0 saturated carbocycles. The van der Waals surface area contributed by atoms with Gasteiger partial charge in [0, 0.05) is 58.5 Å². The minimum absolute atomic E-state index is 0.270. The Morgan fingerprint density at radius 3 is 2.96 bits per heavy atom. The summed E-state index contributed by atoms with van der Waals surface area (Å²) in [6, 6.07) is 4.24. The molecule has 1 saturated heterocycles. The molecule has 0 spiro atoms. The maximum atomic E-state index is 5.94. The number of hydrogen-bond donors (Lipinski definition) is 0. The van der Waals surface area contributed by atoms with Crippen molar-refractivity contribution >= 4 is 5.82 Å². The van der Waals surface area contributed by atoms with Gasteiger partial charge in [-0.25, -0.2) is 4.98 Å². The van der Waals surface area contributed by atoms with Crippen LogP contribution in [-0.2, 0) is 17.7 Å². The van der Waals surface area contributed by atoms with E-state index in [1.807, 2.05) is 31.4 Å². The molecule has 0 amide bonds. The summed E-state index contributed by atoms with van der Waals surface area (Å²) in [6.45, 7) is 3.52. The highest BCUT2D eigenvalue weighted by atomic mass is 16.5. The van der Waals surface area contributed by atoms with Crippen molar-refractivity contribution in [2.24, 2.45) is 0 Å². The molecule has 3 rings (SSSR count). The van der Waals surface area contributed by atoms with E-state index in [9.17, 15) is 0 Å². The molecule has 1 aliphatic rings. The average Bonchev–Trinajstić information content (AvgIpc) is 2.61. The van der Waals surface area contributed by atoms with E-state index < -0.39 is 0 Å². The molecule has 1 atom stereocenters. The lowest BCUT2D eigenvalue weighted by Gasteiger charge is -2.32. The molecule has 0 aliphatic carbocycles. The Balaban J connectivity index is 1.51. The van der Waals surface area contributed by atoms with Gasteiger partial charge < -0.3 is 9.64 Å². The Hall–Kier alpha value is -2.05. The van der Waals surface area contributed by atoms with Crippen LogP contribution in [0.15, 0.2) is 36.9 Å². The second-order valence-electron chi connectivity index (χ2n) is 6.38. The van der Waals surface area contributed by atoms with Crippen molar-refractivity contribution in [3.05, 3.63) is 48.2 Å². The number of nitrogens with zero attached hydrogens (tertiary/aromatic N) is 5. The first-order valence-electron chi connectivity index (χ1n) is 8.42. The van der Waals surface area contributed by atoms with Gasteiger partial charge in [-0.05, 0) is 30.5 Å². The Kier molecular flexibility index (Phi) is 5.72. The fraction of sp³-hybridized carbons (Fsp3) is 0.500. The highest BCUT2D eigenvalue weighted by Crippen LogP contribution is 2.16. The summed E-state index contributed by atoms with van der Waals surface area (Å²) in [5.74, 6) is 1.00. The summed E-state index contributed by atoms with van der Waals surface area (Å²) >= 11 is 0. The van der Waals surface area contributed by atoms with Gasteiger partial charge in [-0.15, -0.1) is 0 Å². The quantitative estimate of drug-likeness (QED) is 0.806. The zero-order chi connectivity index (χ0) is 16.8. The molecule has 3 heterocycles. The van der Waals surface area contributed by atoms with Crippen LogP contribution in [0.25, 0.3) is 0 Å². The molecule has 0 radical (unpaired) electrons. The number of morpholine rings is 1. The molecule has 2 aromatic heterocycles. The molecule has 2 aromatic rings. The normalized spacial score (nSPS) is 18.5. The van der Waals surface area contributed by atoms with Crippen LogP contribution >= 0.6 is 0 Å². The first kappa shape index (κ1) is 16.8. The molecule has 128 valence electrons. The lowest BCUT2D eigenvalue weighted by molar-refractivity contribution is -0.0349. The van der Waals surface area contributed by atoms with Crippen LogP contribution in [0.5, 0.6) is 0 Å².